The van der Waals surface area contributed by atoms with Gasteiger partial charge in [0, 0.05) is 22.6 Å². The Balaban J connectivity index is 1.88. The summed E-state index contributed by atoms with van der Waals surface area (Å²) in [6.07, 6.45) is 0.0774. The number of hydrogen-bond acceptors (Lipinski definition) is 3. The molecule has 1 aliphatic heterocycles. The van der Waals surface area contributed by atoms with Gasteiger partial charge in [-0.2, -0.15) is 0 Å². The van der Waals surface area contributed by atoms with E-state index in [1.807, 2.05) is 19.1 Å². The second kappa shape index (κ2) is 9.03. The molecule has 0 bridgehead atoms. The van der Waals surface area contributed by atoms with Crippen molar-refractivity contribution in [1.29, 1.82) is 0 Å². The Hall–Kier alpha value is -1.96. The van der Waals surface area contributed by atoms with Gasteiger partial charge in [0.05, 0.1) is 12.1 Å². The van der Waals surface area contributed by atoms with Crippen molar-refractivity contribution in [1.82, 2.24) is 10.2 Å². The highest BCUT2D eigenvalue weighted by atomic mass is 79.9. The molecule has 1 N–H and O–H groups in total. The van der Waals surface area contributed by atoms with E-state index in [4.69, 9.17) is 23.8 Å². The predicted octanol–water partition coefficient (Wildman–Crippen LogP) is 4.13. The smallest absolute Gasteiger partial charge is 0.257 e. The predicted molar refractivity (Wildman–Crippen MR) is 118 cm³/mol. The summed E-state index contributed by atoms with van der Waals surface area (Å²) in [4.78, 5) is 28.8. The fourth-order valence-corrected chi connectivity index (χ4v) is 3.81. The van der Waals surface area contributed by atoms with Gasteiger partial charge in [-0.3, -0.25) is 9.59 Å². The van der Waals surface area contributed by atoms with Gasteiger partial charge in [-0.1, -0.05) is 39.7 Å². The summed E-state index contributed by atoms with van der Waals surface area (Å²) >= 11 is 14.8. The first-order valence-electron chi connectivity index (χ1n) is 8.82. The Morgan fingerprint density at radius 2 is 1.86 bits per heavy atom. The van der Waals surface area contributed by atoms with Crippen LogP contribution in [-0.4, -0.2) is 34.4 Å². The molecule has 0 aromatic heterocycles. The number of nitrogens with one attached hydrogen (secondary N) is 1. The van der Waals surface area contributed by atoms with Crippen molar-refractivity contribution in [2.24, 2.45) is 0 Å². The third kappa shape index (κ3) is 4.54. The number of hydrogen-bond donors (Lipinski definition) is 1. The number of halogens is 2. The number of benzene rings is 2. The Morgan fingerprint density at radius 1 is 1.21 bits per heavy atom. The number of rotatable bonds is 5. The van der Waals surface area contributed by atoms with Crippen LogP contribution in [0.4, 0.5) is 5.69 Å². The first-order valence-corrected chi connectivity index (χ1v) is 10.4. The molecule has 1 atom stereocenters. The summed E-state index contributed by atoms with van der Waals surface area (Å²) < 4.78 is 0.879. The van der Waals surface area contributed by atoms with Gasteiger partial charge in [0.15, 0.2) is 5.11 Å². The molecule has 2 amide bonds. The largest absolute Gasteiger partial charge is 0.363 e. The number of thiocarbonyl (C=S) groups is 1. The molecule has 2 aromatic carbocycles. The normalized spacial score (nSPS) is 16.4. The van der Waals surface area contributed by atoms with Gasteiger partial charge in [0.2, 0.25) is 5.91 Å². The van der Waals surface area contributed by atoms with E-state index in [-0.39, 0.29) is 18.2 Å². The molecular weight excluding hydrogens is 462 g/mol. The lowest BCUT2D eigenvalue weighted by molar-refractivity contribution is -0.122. The van der Waals surface area contributed by atoms with Crippen LogP contribution in [0.1, 0.15) is 18.9 Å². The monoisotopic (exact) mass is 479 g/mol. The van der Waals surface area contributed by atoms with Crippen molar-refractivity contribution in [3.05, 3.63) is 63.6 Å². The molecule has 0 aliphatic carbocycles. The molecule has 5 nitrogen and oxygen atoms in total. The van der Waals surface area contributed by atoms with Gasteiger partial charge in [-0.15, -0.1) is 0 Å². The zero-order valence-corrected chi connectivity index (χ0v) is 18.4. The highest BCUT2D eigenvalue weighted by molar-refractivity contribution is 9.10. The molecule has 28 heavy (non-hydrogen) atoms. The number of amides is 2. The molecule has 2 aromatic rings. The molecule has 1 fully saturated rings. The van der Waals surface area contributed by atoms with Gasteiger partial charge in [0.1, 0.15) is 6.04 Å². The SMILES string of the molecule is CCNC(=S)N(Cc1ccc(Cl)cc1)C1CC(=O)N(c2ccc(Br)cc2)C1=O. The van der Waals surface area contributed by atoms with E-state index >= 15 is 0 Å². The summed E-state index contributed by atoms with van der Waals surface area (Å²) in [7, 11) is 0. The van der Waals surface area contributed by atoms with E-state index in [1.54, 1.807) is 41.3 Å². The van der Waals surface area contributed by atoms with Gasteiger partial charge < -0.3 is 10.2 Å². The highest BCUT2D eigenvalue weighted by Crippen LogP contribution is 2.28. The van der Waals surface area contributed by atoms with Crippen LogP contribution in [-0.2, 0) is 16.1 Å². The van der Waals surface area contributed by atoms with E-state index < -0.39 is 6.04 Å². The molecule has 0 saturated carbocycles. The van der Waals surface area contributed by atoms with E-state index in [0.29, 0.717) is 28.9 Å². The first-order chi connectivity index (χ1) is 13.4. The molecule has 1 heterocycles. The first kappa shape index (κ1) is 20.8. The maximum absolute atomic E-state index is 13.1. The second-order valence-corrected chi connectivity index (χ2v) is 8.09. The minimum absolute atomic E-state index is 0.0774. The summed E-state index contributed by atoms with van der Waals surface area (Å²) in [6, 6.07) is 13.8. The number of anilines is 1. The van der Waals surface area contributed by atoms with Crippen molar-refractivity contribution in [3.63, 3.8) is 0 Å². The number of nitrogens with zero attached hydrogens (tertiary/aromatic N) is 2. The third-order valence-corrected chi connectivity index (χ3v) is 5.60. The fourth-order valence-electron chi connectivity index (χ4n) is 3.08. The minimum Gasteiger partial charge on any atom is -0.363 e. The summed E-state index contributed by atoms with van der Waals surface area (Å²) in [5, 5.41) is 4.18. The number of carbonyl (C=O) groups is 2. The van der Waals surface area contributed by atoms with Crippen molar-refractivity contribution >= 4 is 62.4 Å². The van der Waals surface area contributed by atoms with Gasteiger partial charge in [-0.05, 0) is 61.1 Å². The van der Waals surface area contributed by atoms with Crippen LogP contribution < -0.4 is 10.2 Å². The van der Waals surface area contributed by atoms with Crippen LogP contribution >= 0.6 is 39.7 Å². The molecule has 0 radical (unpaired) electrons. The topological polar surface area (TPSA) is 52.7 Å². The fraction of sp³-hybridized carbons (Fsp3) is 0.250. The average Bonchev–Trinajstić information content (AvgIpc) is 2.96. The number of imide groups is 1. The Bertz CT molecular complexity index is 889. The average molecular weight is 481 g/mol. The van der Waals surface area contributed by atoms with Crippen LogP contribution in [0.3, 0.4) is 0 Å². The lowest BCUT2D eigenvalue weighted by Crippen LogP contribution is -2.49. The summed E-state index contributed by atoms with van der Waals surface area (Å²) in [6.45, 7) is 2.96. The van der Waals surface area contributed by atoms with Gasteiger partial charge in [0.25, 0.3) is 5.91 Å². The molecule has 3 rings (SSSR count). The van der Waals surface area contributed by atoms with Gasteiger partial charge in [-0.25, -0.2) is 4.90 Å². The zero-order chi connectivity index (χ0) is 20.3. The summed E-state index contributed by atoms with van der Waals surface area (Å²) in [5.74, 6) is -0.515. The highest BCUT2D eigenvalue weighted by Gasteiger charge is 2.43. The molecule has 0 spiro atoms. The van der Waals surface area contributed by atoms with E-state index in [2.05, 4.69) is 21.2 Å². The van der Waals surface area contributed by atoms with Crippen molar-refractivity contribution in [2.75, 3.05) is 11.4 Å². The molecule has 1 saturated heterocycles. The Labute approximate surface area is 182 Å². The van der Waals surface area contributed by atoms with E-state index in [0.717, 1.165) is 10.0 Å². The minimum atomic E-state index is -0.654. The maximum Gasteiger partial charge on any atom is 0.257 e. The van der Waals surface area contributed by atoms with E-state index in [1.165, 1.54) is 4.90 Å². The van der Waals surface area contributed by atoms with E-state index in [9.17, 15) is 9.59 Å². The Morgan fingerprint density at radius 3 is 2.46 bits per heavy atom. The second-order valence-electron chi connectivity index (χ2n) is 6.35. The standard InChI is InChI=1S/C20H19BrClN3O2S/c1-2-23-20(28)24(12-13-3-7-15(22)8-4-13)17-11-18(26)25(19(17)27)16-9-5-14(21)6-10-16/h3-10,17H,2,11-12H2,1H3,(H,23,28). The molecule has 146 valence electrons. The lowest BCUT2D eigenvalue weighted by atomic mass is 10.1. The van der Waals surface area contributed by atoms with Crippen LogP contribution in [0.15, 0.2) is 53.0 Å². The summed E-state index contributed by atoms with van der Waals surface area (Å²) in [5.41, 5.74) is 1.51. The quantitative estimate of drug-likeness (QED) is 0.515. The zero-order valence-electron chi connectivity index (χ0n) is 15.2. The Kier molecular flexibility index (Phi) is 6.69. The van der Waals surface area contributed by atoms with Crippen molar-refractivity contribution in [2.45, 2.75) is 25.9 Å². The van der Waals surface area contributed by atoms with Crippen LogP contribution in [0, 0.1) is 0 Å². The lowest BCUT2D eigenvalue weighted by Gasteiger charge is -2.30. The maximum atomic E-state index is 13.1. The third-order valence-electron chi connectivity index (χ3n) is 4.44. The van der Waals surface area contributed by atoms with Crippen molar-refractivity contribution in [3.8, 4) is 0 Å². The van der Waals surface area contributed by atoms with Crippen LogP contribution in [0.5, 0.6) is 0 Å². The van der Waals surface area contributed by atoms with Crippen LogP contribution in [0.2, 0.25) is 5.02 Å². The molecule has 1 unspecified atom stereocenters. The number of carbonyl (C=O) groups excluding carboxylic acids is 2. The molecular formula is C20H19BrClN3O2S. The van der Waals surface area contributed by atoms with Gasteiger partial charge >= 0.3 is 0 Å². The molecule has 1 aliphatic rings. The van der Waals surface area contributed by atoms with Crippen LogP contribution in [0.25, 0.3) is 0 Å². The van der Waals surface area contributed by atoms with Crippen molar-refractivity contribution < 1.29 is 9.59 Å². The molecule has 8 heteroatoms.